The Labute approximate surface area is 193 Å². The molecule has 162 valence electrons. The van der Waals surface area contributed by atoms with Crippen molar-refractivity contribution in [3.63, 3.8) is 0 Å². The number of benzene rings is 3. The second kappa shape index (κ2) is 8.24. The molecule has 3 aromatic carbocycles. The van der Waals surface area contributed by atoms with E-state index < -0.39 is 11.9 Å². The SMILES string of the molecule is COc1ccc(C2=C(O)C(=O)N(Cc3ccc4c(c3)OCO4)C2c2ccccc2Br)cc1. The molecule has 6 nitrogen and oxygen atoms in total. The van der Waals surface area contributed by atoms with E-state index in [1.165, 1.54) is 0 Å². The maximum absolute atomic E-state index is 13.3. The van der Waals surface area contributed by atoms with Crippen LogP contribution in [-0.2, 0) is 11.3 Å². The number of hydrogen-bond donors (Lipinski definition) is 1. The lowest BCUT2D eigenvalue weighted by Gasteiger charge is -2.28. The third kappa shape index (κ3) is 3.48. The maximum Gasteiger partial charge on any atom is 0.290 e. The number of fused-ring (bicyclic) bond motifs is 1. The van der Waals surface area contributed by atoms with Crippen molar-refractivity contribution >= 4 is 27.4 Å². The van der Waals surface area contributed by atoms with E-state index in [9.17, 15) is 9.90 Å². The van der Waals surface area contributed by atoms with Crippen LogP contribution in [0.5, 0.6) is 17.2 Å². The van der Waals surface area contributed by atoms with E-state index in [0.717, 1.165) is 21.2 Å². The summed E-state index contributed by atoms with van der Waals surface area (Å²) in [5.74, 6) is 1.36. The average Bonchev–Trinajstić information content (AvgIpc) is 3.37. The molecule has 0 radical (unpaired) electrons. The first-order chi connectivity index (χ1) is 15.6. The van der Waals surface area contributed by atoms with Gasteiger partial charge in [0.05, 0.1) is 13.2 Å². The van der Waals surface area contributed by atoms with E-state index in [1.54, 1.807) is 12.0 Å². The van der Waals surface area contributed by atoms with Gasteiger partial charge in [-0.05, 0) is 47.0 Å². The van der Waals surface area contributed by atoms with Gasteiger partial charge in [-0.1, -0.05) is 52.3 Å². The van der Waals surface area contributed by atoms with E-state index >= 15 is 0 Å². The van der Waals surface area contributed by atoms with Crippen molar-refractivity contribution in [2.24, 2.45) is 0 Å². The average molecular weight is 494 g/mol. The molecule has 0 spiro atoms. The minimum atomic E-state index is -0.475. The van der Waals surface area contributed by atoms with E-state index in [0.29, 0.717) is 29.4 Å². The highest BCUT2D eigenvalue weighted by Gasteiger charge is 2.41. The molecule has 0 saturated carbocycles. The largest absolute Gasteiger partial charge is 0.503 e. The van der Waals surface area contributed by atoms with Crippen molar-refractivity contribution in [3.8, 4) is 17.2 Å². The molecule has 1 N–H and O–H groups in total. The molecule has 0 bridgehead atoms. The molecule has 2 heterocycles. The molecule has 32 heavy (non-hydrogen) atoms. The Balaban J connectivity index is 1.58. The number of carbonyl (C=O) groups is 1. The van der Waals surface area contributed by atoms with Crippen LogP contribution in [0, 0.1) is 0 Å². The van der Waals surface area contributed by atoms with Gasteiger partial charge in [-0.3, -0.25) is 4.79 Å². The number of hydrogen-bond acceptors (Lipinski definition) is 5. The standard InChI is InChI=1S/C25H20BrNO5/c1-30-17-9-7-16(8-10-17)22-23(18-4-2-3-5-19(18)26)27(25(29)24(22)28)13-15-6-11-20-21(12-15)32-14-31-20/h2-12,23,28H,13-14H2,1H3. The highest BCUT2D eigenvalue weighted by molar-refractivity contribution is 9.10. The highest BCUT2D eigenvalue weighted by Crippen LogP contribution is 2.46. The van der Waals surface area contributed by atoms with Crippen LogP contribution < -0.4 is 14.2 Å². The van der Waals surface area contributed by atoms with Gasteiger partial charge in [-0.25, -0.2) is 0 Å². The van der Waals surface area contributed by atoms with Crippen LogP contribution >= 0.6 is 15.9 Å². The summed E-state index contributed by atoms with van der Waals surface area (Å²) in [5, 5.41) is 11.0. The van der Waals surface area contributed by atoms with Gasteiger partial charge < -0.3 is 24.2 Å². The fraction of sp³-hybridized carbons (Fsp3) is 0.160. The number of carbonyl (C=O) groups excluding carboxylic acids is 1. The molecule has 1 atom stereocenters. The molecule has 2 aliphatic rings. The van der Waals surface area contributed by atoms with Crippen molar-refractivity contribution in [2.45, 2.75) is 12.6 Å². The van der Waals surface area contributed by atoms with E-state index in [2.05, 4.69) is 15.9 Å². The summed E-state index contributed by atoms with van der Waals surface area (Å²) in [6.07, 6.45) is 0. The first kappa shape index (κ1) is 20.5. The lowest BCUT2D eigenvalue weighted by molar-refractivity contribution is -0.130. The molecule has 3 aromatic rings. The van der Waals surface area contributed by atoms with Crippen molar-refractivity contribution < 1.29 is 24.1 Å². The Morgan fingerprint density at radius 3 is 2.56 bits per heavy atom. The smallest absolute Gasteiger partial charge is 0.290 e. The van der Waals surface area contributed by atoms with Gasteiger partial charge in [0, 0.05) is 16.6 Å². The molecule has 0 saturated heterocycles. The second-order valence-electron chi connectivity index (χ2n) is 7.54. The summed E-state index contributed by atoms with van der Waals surface area (Å²) in [5.41, 5.74) is 3.08. The number of methoxy groups -OCH3 is 1. The zero-order chi connectivity index (χ0) is 22.2. The van der Waals surface area contributed by atoms with Gasteiger partial charge in [0.1, 0.15) is 5.75 Å². The van der Waals surface area contributed by atoms with Gasteiger partial charge in [-0.2, -0.15) is 0 Å². The monoisotopic (exact) mass is 493 g/mol. The van der Waals surface area contributed by atoms with E-state index in [-0.39, 0.29) is 12.6 Å². The summed E-state index contributed by atoms with van der Waals surface area (Å²) < 4.78 is 17.0. The van der Waals surface area contributed by atoms with Crippen LogP contribution in [0.2, 0.25) is 0 Å². The van der Waals surface area contributed by atoms with E-state index in [4.69, 9.17) is 14.2 Å². The lowest BCUT2D eigenvalue weighted by atomic mass is 9.93. The Morgan fingerprint density at radius 1 is 1.06 bits per heavy atom. The summed E-state index contributed by atoms with van der Waals surface area (Å²) in [6, 6.07) is 20.2. The first-order valence-corrected chi connectivity index (χ1v) is 10.9. The number of aliphatic hydroxyl groups is 1. The third-order valence-corrected chi connectivity index (χ3v) is 6.42. The Hall–Kier alpha value is -3.45. The maximum atomic E-state index is 13.3. The molecule has 1 amide bonds. The fourth-order valence-electron chi connectivity index (χ4n) is 4.14. The second-order valence-corrected chi connectivity index (χ2v) is 8.39. The predicted molar refractivity (Wildman–Crippen MR) is 123 cm³/mol. The van der Waals surface area contributed by atoms with Gasteiger partial charge in [0.2, 0.25) is 6.79 Å². The van der Waals surface area contributed by atoms with Gasteiger partial charge in [-0.15, -0.1) is 0 Å². The molecule has 0 fully saturated rings. The van der Waals surface area contributed by atoms with Gasteiger partial charge in [0.15, 0.2) is 17.3 Å². The van der Waals surface area contributed by atoms with Crippen molar-refractivity contribution in [3.05, 3.63) is 93.7 Å². The minimum Gasteiger partial charge on any atom is -0.503 e. The van der Waals surface area contributed by atoms with Crippen LogP contribution in [0.25, 0.3) is 5.57 Å². The molecular weight excluding hydrogens is 474 g/mol. The molecule has 0 aromatic heterocycles. The number of aliphatic hydroxyl groups excluding tert-OH is 1. The number of ether oxygens (including phenoxy) is 3. The topological polar surface area (TPSA) is 68.2 Å². The van der Waals surface area contributed by atoms with Crippen LogP contribution in [0.1, 0.15) is 22.7 Å². The van der Waals surface area contributed by atoms with Gasteiger partial charge >= 0.3 is 0 Å². The normalized spacial score (nSPS) is 17.2. The number of amides is 1. The van der Waals surface area contributed by atoms with Crippen molar-refractivity contribution in [2.75, 3.05) is 13.9 Å². The summed E-state index contributed by atoms with van der Waals surface area (Å²) in [7, 11) is 1.60. The van der Waals surface area contributed by atoms with Crippen molar-refractivity contribution in [1.82, 2.24) is 4.90 Å². The number of nitrogens with zero attached hydrogens (tertiary/aromatic N) is 1. The zero-order valence-corrected chi connectivity index (χ0v) is 18.8. The van der Waals surface area contributed by atoms with Crippen LogP contribution in [0.4, 0.5) is 0 Å². The fourth-order valence-corrected chi connectivity index (χ4v) is 4.64. The zero-order valence-electron chi connectivity index (χ0n) is 17.2. The van der Waals surface area contributed by atoms with Crippen LogP contribution in [0.3, 0.4) is 0 Å². The van der Waals surface area contributed by atoms with E-state index in [1.807, 2.05) is 66.7 Å². The van der Waals surface area contributed by atoms with Gasteiger partial charge in [0.25, 0.3) is 5.91 Å². The predicted octanol–water partition coefficient (Wildman–Crippen LogP) is 5.24. The minimum absolute atomic E-state index is 0.185. The summed E-state index contributed by atoms with van der Waals surface area (Å²) in [4.78, 5) is 14.9. The molecule has 2 aliphatic heterocycles. The molecule has 1 unspecified atom stereocenters. The Morgan fingerprint density at radius 2 is 1.81 bits per heavy atom. The Kier molecular flexibility index (Phi) is 5.27. The number of halogens is 1. The summed E-state index contributed by atoms with van der Waals surface area (Å²) in [6.45, 7) is 0.482. The quantitative estimate of drug-likeness (QED) is 0.526. The molecular formula is C25H20BrNO5. The first-order valence-electron chi connectivity index (χ1n) is 10.1. The third-order valence-electron chi connectivity index (χ3n) is 5.69. The van der Waals surface area contributed by atoms with Crippen LogP contribution in [0.15, 0.2) is 77.0 Å². The molecule has 5 rings (SSSR count). The summed E-state index contributed by atoms with van der Waals surface area (Å²) >= 11 is 3.62. The highest BCUT2D eigenvalue weighted by atomic mass is 79.9. The Bertz CT molecular complexity index is 1220. The molecule has 0 aliphatic carbocycles. The van der Waals surface area contributed by atoms with Crippen molar-refractivity contribution in [1.29, 1.82) is 0 Å². The molecule has 7 heteroatoms. The van der Waals surface area contributed by atoms with Crippen LogP contribution in [-0.4, -0.2) is 29.8 Å². The number of rotatable bonds is 5. The lowest BCUT2D eigenvalue weighted by Crippen LogP contribution is -2.30.